The highest BCUT2D eigenvalue weighted by molar-refractivity contribution is 6.25. The van der Waals surface area contributed by atoms with Crippen LogP contribution in [0, 0.1) is 0 Å². The Bertz CT molecular complexity index is 909. The van der Waals surface area contributed by atoms with Crippen molar-refractivity contribution in [3.05, 3.63) is 53.6 Å². The van der Waals surface area contributed by atoms with E-state index in [-0.39, 0.29) is 32.2 Å². The van der Waals surface area contributed by atoms with E-state index < -0.39 is 5.54 Å². The Morgan fingerprint density at radius 2 is 1.60 bits per heavy atom. The predicted molar refractivity (Wildman–Crippen MR) is 118 cm³/mol. The lowest BCUT2D eigenvalue weighted by Crippen LogP contribution is -2.37. The topological polar surface area (TPSA) is 89.7 Å². The summed E-state index contributed by atoms with van der Waals surface area (Å²) in [6, 6.07) is 13.2. The maximum absolute atomic E-state index is 9.67. The van der Waals surface area contributed by atoms with Gasteiger partial charge in [0.2, 0.25) is 5.90 Å². The summed E-state index contributed by atoms with van der Waals surface area (Å²) in [5.74, 6) is 2.04. The van der Waals surface area contributed by atoms with E-state index in [2.05, 4.69) is 4.99 Å². The van der Waals surface area contributed by atoms with Crippen LogP contribution in [-0.2, 0) is 4.74 Å². The molecule has 0 amide bonds. The molecular formula is C22H26ClNO6. The number of hydrogen-bond donors (Lipinski definition) is 2. The van der Waals surface area contributed by atoms with E-state index in [9.17, 15) is 10.2 Å². The first-order chi connectivity index (χ1) is 14.1. The fourth-order valence-corrected chi connectivity index (χ4v) is 3.04. The van der Waals surface area contributed by atoms with E-state index >= 15 is 0 Å². The van der Waals surface area contributed by atoms with Crippen LogP contribution in [0.5, 0.6) is 17.2 Å². The van der Waals surface area contributed by atoms with Gasteiger partial charge in [0.1, 0.15) is 17.9 Å². The minimum absolute atomic E-state index is 0. The quantitative estimate of drug-likeness (QED) is 0.620. The summed E-state index contributed by atoms with van der Waals surface area (Å²) in [5.41, 5.74) is 1.25. The first kappa shape index (κ1) is 23.5. The molecule has 2 N–H and O–H groups in total. The lowest BCUT2D eigenvalue weighted by molar-refractivity contribution is 0.0978. The summed E-state index contributed by atoms with van der Waals surface area (Å²) < 4.78 is 22.1. The maximum atomic E-state index is 9.67. The normalized spacial score (nSPS) is 15.0. The number of aliphatic hydroxyl groups excluding tert-OH is 2. The molecule has 0 fully saturated rings. The zero-order valence-corrected chi connectivity index (χ0v) is 17.9. The zero-order valence-electron chi connectivity index (χ0n) is 17.1. The van der Waals surface area contributed by atoms with Crippen LogP contribution in [0.25, 0.3) is 11.6 Å². The number of nitrogens with zero attached hydrogens (tertiary/aromatic N) is 1. The van der Waals surface area contributed by atoms with Crippen molar-refractivity contribution in [3.63, 3.8) is 0 Å². The van der Waals surface area contributed by atoms with E-state index in [1.807, 2.05) is 36.4 Å². The summed E-state index contributed by atoms with van der Waals surface area (Å²) in [6.07, 6.45) is 1.87. The van der Waals surface area contributed by atoms with Gasteiger partial charge in [0.25, 0.3) is 0 Å². The Labute approximate surface area is 182 Å². The van der Waals surface area contributed by atoms with E-state index in [0.717, 1.165) is 11.1 Å². The van der Waals surface area contributed by atoms with Crippen LogP contribution in [0.1, 0.15) is 11.1 Å². The van der Waals surface area contributed by atoms with Crippen molar-refractivity contribution in [2.75, 3.05) is 41.2 Å². The molecule has 0 bridgehead atoms. The van der Waals surface area contributed by atoms with Gasteiger partial charge in [-0.15, -0.1) is 12.4 Å². The average molecular weight is 436 g/mol. The van der Waals surface area contributed by atoms with Gasteiger partial charge in [-0.25, -0.2) is 4.99 Å². The molecule has 1 aliphatic rings. The van der Waals surface area contributed by atoms with Gasteiger partial charge in [-0.3, -0.25) is 0 Å². The Hall–Kier alpha value is -2.74. The molecule has 0 radical (unpaired) electrons. The van der Waals surface area contributed by atoms with Crippen LogP contribution in [0.2, 0.25) is 0 Å². The smallest absolute Gasteiger partial charge is 0.217 e. The summed E-state index contributed by atoms with van der Waals surface area (Å²) in [4.78, 5) is 4.49. The van der Waals surface area contributed by atoms with Crippen LogP contribution in [0.15, 0.2) is 47.5 Å². The molecule has 0 unspecified atom stereocenters. The molecule has 1 aliphatic heterocycles. The van der Waals surface area contributed by atoms with E-state index in [1.54, 1.807) is 33.5 Å². The fourth-order valence-electron chi connectivity index (χ4n) is 3.04. The number of methoxy groups -OCH3 is 3. The van der Waals surface area contributed by atoms with Crippen LogP contribution in [-0.4, -0.2) is 62.8 Å². The van der Waals surface area contributed by atoms with Crippen molar-refractivity contribution in [1.29, 1.82) is 0 Å². The molecule has 30 heavy (non-hydrogen) atoms. The Morgan fingerprint density at radius 1 is 1.00 bits per heavy atom. The van der Waals surface area contributed by atoms with Crippen molar-refractivity contribution >= 4 is 30.0 Å². The van der Waals surface area contributed by atoms with Crippen LogP contribution in [0.3, 0.4) is 0 Å². The second-order valence-electron chi connectivity index (χ2n) is 6.62. The number of rotatable bonds is 8. The highest BCUT2D eigenvalue weighted by atomic mass is 35.5. The lowest BCUT2D eigenvalue weighted by Gasteiger charge is -2.16. The van der Waals surface area contributed by atoms with Crippen molar-refractivity contribution < 1.29 is 29.2 Å². The number of benzene rings is 2. The molecule has 2 aromatic carbocycles. The standard InChI is InChI=1S/C22H25NO6.ClH/c1-26-18-11-20(28-3)19(27-2)10-16(18)9-17(15-7-5-4-6-8-15)21-23-22(12-24,13-25)14-29-21;/h4-11,24-25H,12-14H2,1-3H3;1H. The van der Waals surface area contributed by atoms with E-state index in [0.29, 0.717) is 28.7 Å². The van der Waals surface area contributed by atoms with Gasteiger partial charge in [-0.2, -0.15) is 0 Å². The molecule has 0 atom stereocenters. The minimum Gasteiger partial charge on any atom is -0.496 e. The molecule has 0 aromatic heterocycles. The molecule has 0 spiro atoms. The lowest BCUT2D eigenvalue weighted by atomic mass is 10.0. The number of aliphatic imine (C=N–C) groups is 1. The van der Waals surface area contributed by atoms with Crippen molar-refractivity contribution in [2.45, 2.75) is 5.54 Å². The number of aliphatic hydroxyl groups is 2. The molecule has 0 saturated carbocycles. The van der Waals surface area contributed by atoms with E-state index in [1.165, 1.54) is 0 Å². The van der Waals surface area contributed by atoms with Crippen molar-refractivity contribution in [2.24, 2.45) is 4.99 Å². The van der Waals surface area contributed by atoms with E-state index in [4.69, 9.17) is 18.9 Å². The molecular weight excluding hydrogens is 410 g/mol. The Morgan fingerprint density at radius 3 is 2.13 bits per heavy atom. The third kappa shape index (κ3) is 4.70. The number of halogens is 1. The van der Waals surface area contributed by atoms with Gasteiger partial charge in [0.05, 0.1) is 34.5 Å². The van der Waals surface area contributed by atoms with Crippen LogP contribution < -0.4 is 14.2 Å². The summed E-state index contributed by atoms with van der Waals surface area (Å²) in [7, 11) is 4.70. The van der Waals surface area contributed by atoms with Crippen LogP contribution >= 0.6 is 12.4 Å². The highest BCUT2D eigenvalue weighted by Gasteiger charge is 2.37. The second kappa shape index (κ2) is 10.3. The van der Waals surface area contributed by atoms with Gasteiger partial charge in [0.15, 0.2) is 11.5 Å². The van der Waals surface area contributed by atoms with Crippen molar-refractivity contribution in [3.8, 4) is 17.2 Å². The predicted octanol–water partition coefficient (Wildman–Crippen LogP) is 2.83. The Kier molecular flexibility index (Phi) is 8.11. The third-order valence-electron chi connectivity index (χ3n) is 4.76. The summed E-state index contributed by atoms with van der Waals surface area (Å²) in [5, 5.41) is 19.3. The molecule has 0 saturated heterocycles. The third-order valence-corrected chi connectivity index (χ3v) is 4.76. The number of ether oxygens (including phenoxy) is 4. The molecule has 8 heteroatoms. The van der Waals surface area contributed by atoms with Gasteiger partial charge in [-0.1, -0.05) is 30.3 Å². The second-order valence-corrected chi connectivity index (χ2v) is 6.62. The van der Waals surface area contributed by atoms with Crippen LogP contribution in [0.4, 0.5) is 0 Å². The molecule has 3 rings (SSSR count). The van der Waals surface area contributed by atoms with Crippen molar-refractivity contribution in [1.82, 2.24) is 0 Å². The summed E-state index contributed by atoms with van der Waals surface area (Å²) in [6.45, 7) is -0.522. The maximum Gasteiger partial charge on any atom is 0.217 e. The van der Waals surface area contributed by atoms with Gasteiger partial charge in [0, 0.05) is 17.2 Å². The molecule has 0 aliphatic carbocycles. The molecule has 7 nitrogen and oxygen atoms in total. The molecule has 162 valence electrons. The monoisotopic (exact) mass is 435 g/mol. The molecule has 2 aromatic rings. The number of hydrogen-bond acceptors (Lipinski definition) is 7. The average Bonchev–Trinajstić information content (AvgIpc) is 3.22. The highest BCUT2D eigenvalue weighted by Crippen LogP contribution is 2.37. The first-order valence-electron chi connectivity index (χ1n) is 9.11. The minimum atomic E-state index is -1.05. The van der Waals surface area contributed by atoms with Gasteiger partial charge < -0.3 is 29.2 Å². The fraction of sp³-hybridized carbons (Fsp3) is 0.318. The Balaban J connectivity index is 0.00000320. The van der Waals surface area contributed by atoms with Gasteiger partial charge >= 0.3 is 0 Å². The van der Waals surface area contributed by atoms with Gasteiger partial charge in [-0.05, 0) is 17.7 Å². The summed E-state index contributed by atoms with van der Waals surface area (Å²) >= 11 is 0. The molecule has 1 heterocycles. The first-order valence-corrected chi connectivity index (χ1v) is 9.11. The zero-order chi connectivity index (χ0) is 20.9. The largest absolute Gasteiger partial charge is 0.496 e. The SMILES string of the molecule is COc1cc(OC)c(OC)cc1C=C(C1=NC(CO)(CO)CO1)c1ccccc1.Cl.